The molecular weight excluding hydrogens is 366 g/mol. The van der Waals surface area contributed by atoms with E-state index >= 15 is 0 Å². The highest BCUT2D eigenvalue weighted by Crippen LogP contribution is 2.26. The van der Waals surface area contributed by atoms with Gasteiger partial charge in [0.1, 0.15) is 5.75 Å². The van der Waals surface area contributed by atoms with Crippen molar-refractivity contribution in [1.82, 2.24) is 10.2 Å². The van der Waals surface area contributed by atoms with Gasteiger partial charge in [0, 0.05) is 30.7 Å². The first kappa shape index (κ1) is 19.2. The largest absolute Gasteiger partial charge is 0.506 e. The molecule has 2 aromatic carbocycles. The summed E-state index contributed by atoms with van der Waals surface area (Å²) < 4.78 is 0. The Morgan fingerprint density at radius 3 is 2.48 bits per heavy atom. The van der Waals surface area contributed by atoms with Gasteiger partial charge in [-0.3, -0.25) is 14.5 Å². The highest BCUT2D eigenvalue weighted by molar-refractivity contribution is 6.40. The predicted molar refractivity (Wildman–Crippen MR) is 105 cm³/mol. The molecule has 2 amide bonds. The normalized spacial score (nSPS) is 15.3. The zero-order valence-electron chi connectivity index (χ0n) is 14.8. The molecule has 2 aromatic rings. The quantitative estimate of drug-likeness (QED) is 0.556. The molecule has 3 rings (SSSR count). The maximum Gasteiger partial charge on any atom is 0.313 e. The molecule has 0 spiro atoms. The molecule has 0 saturated carbocycles. The third-order valence-corrected chi connectivity index (χ3v) is 4.82. The van der Waals surface area contributed by atoms with Crippen LogP contribution in [0.2, 0.25) is 5.02 Å². The highest BCUT2D eigenvalue weighted by Gasteiger charge is 2.24. The van der Waals surface area contributed by atoms with Crippen LogP contribution in [-0.2, 0) is 16.1 Å². The van der Waals surface area contributed by atoms with Gasteiger partial charge >= 0.3 is 11.8 Å². The van der Waals surface area contributed by atoms with E-state index in [0.29, 0.717) is 5.02 Å². The van der Waals surface area contributed by atoms with Gasteiger partial charge in [-0.2, -0.15) is 0 Å². The van der Waals surface area contributed by atoms with Crippen molar-refractivity contribution in [2.24, 2.45) is 0 Å². The Labute approximate surface area is 163 Å². The van der Waals surface area contributed by atoms with Crippen LogP contribution < -0.4 is 10.6 Å². The molecule has 27 heavy (non-hydrogen) atoms. The number of benzene rings is 2. The van der Waals surface area contributed by atoms with Gasteiger partial charge in [0.25, 0.3) is 0 Å². The van der Waals surface area contributed by atoms with Gasteiger partial charge < -0.3 is 15.7 Å². The Morgan fingerprint density at radius 2 is 1.78 bits per heavy atom. The van der Waals surface area contributed by atoms with E-state index in [9.17, 15) is 14.7 Å². The molecule has 7 heteroatoms. The Bertz CT molecular complexity index is 805. The van der Waals surface area contributed by atoms with Gasteiger partial charge in [0.2, 0.25) is 0 Å². The molecule has 0 aliphatic carbocycles. The van der Waals surface area contributed by atoms with E-state index in [2.05, 4.69) is 27.7 Å². The lowest BCUT2D eigenvalue weighted by Crippen LogP contribution is -2.47. The Hall–Kier alpha value is -2.57. The van der Waals surface area contributed by atoms with Crippen LogP contribution in [0.25, 0.3) is 0 Å². The fourth-order valence-corrected chi connectivity index (χ4v) is 3.29. The molecule has 0 aromatic heterocycles. The van der Waals surface area contributed by atoms with E-state index in [4.69, 9.17) is 11.6 Å². The Morgan fingerprint density at radius 1 is 1.07 bits per heavy atom. The number of aromatic hydroxyl groups is 1. The number of halogens is 1. The smallest absolute Gasteiger partial charge is 0.313 e. The fourth-order valence-electron chi connectivity index (χ4n) is 3.12. The number of carbonyl (C=O) groups is 2. The van der Waals surface area contributed by atoms with Crippen LogP contribution in [0.5, 0.6) is 5.75 Å². The number of hydrogen-bond donors (Lipinski definition) is 3. The lowest BCUT2D eigenvalue weighted by molar-refractivity contribution is -0.136. The lowest BCUT2D eigenvalue weighted by Gasteiger charge is -2.32. The molecule has 1 heterocycles. The maximum atomic E-state index is 12.1. The molecule has 3 N–H and O–H groups in total. The second-order valence-electron chi connectivity index (χ2n) is 6.63. The van der Waals surface area contributed by atoms with Gasteiger partial charge in [-0.1, -0.05) is 41.9 Å². The highest BCUT2D eigenvalue weighted by atomic mass is 35.5. The van der Waals surface area contributed by atoms with Gasteiger partial charge in [-0.15, -0.1) is 0 Å². The Kier molecular flexibility index (Phi) is 6.32. The summed E-state index contributed by atoms with van der Waals surface area (Å²) in [6, 6.07) is 14.5. The number of rotatable bonds is 4. The number of anilines is 1. The topological polar surface area (TPSA) is 81.7 Å². The first-order chi connectivity index (χ1) is 13.0. The summed E-state index contributed by atoms with van der Waals surface area (Å²) in [6.45, 7) is 2.60. The number of carbonyl (C=O) groups excluding carboxylic acids is 2. The summed E-state index contributed by atoms with van der Waals surface area (Å²) in [5, 5.41) is 15.2. The van der Waals surface area contributed by atoms with Crippen molar-refractivity contribution in [3.05, 3.63) is 59.1 Å². The monoisotopic (exact) mass is 387 g/mol. The average molecular weight is 388 g/mol. The van der Waals surface area contributed by atoms with E-state index in [1.54, 1.807) is 0 Å². The van der Waals surface area contributed by atoms with Crippen molar-refractivity contribution >= 4 is 29.1 Å². The van der Waals surface area contributed by atoms with Gasteiger partial charge in [0.05, 0.1) is 5.69 Å². The SMILES string of the molecule is O=C(Nc1cc(Cl)ccc1O)C(=O)NC1CCN(Cc2ccccc2)CC1. The summed E-state index contributed by atoms with van der Waals surface area (Å²) in [6.07, 6.45) is 1.57. The third-order valence-electron chi connectivity index (χ3n) is 4.58. The molecule has 142 valence electrons. The molecule has 0 unspecified atom stereocenters. The third kappa shape index (κ3) is 5.45. The standard InChI is InChI=1S/C20H22ClN3O3/c21-15-6-7-18(25)17(12-15)23-20(27)19(26)22-16-8-10-24(11-9-16)13-14-4-2-1-3-5-14/h1-7,12,16,25H,8-11,13H2,(H,22,26)(H,23,27). The minimum atomic E-state index is -0.820. The number of phenolic OH excluding ortho intramolecular Hbond substituents is 1. The number of nitrogens with zero attached hydrogens (tertiary/aromatic N) is 1. The van der Waals surface area contributed by atoms with Gasteiger partial charge in [-0.05, 0) is 36.6 Å². The zero-order valence-corrected chi connectivity index (χ0v) is 15.6. The van der Waals surface area contributed by atoms with E-state index < -0.39 is 11.8 Å². The van der Waals surface area contributed by atoms with Crippen LogP contribution in [0.1, 0.15) is 18.4 Å². The molecule has 0 atom stereocenters. The van der Waals surface area contributed by atoms with Crippen molar-refractivity contribution < 1.29 is 14.7 Å². The number of hydrogen-bond acceptors (Lipinski definition) is 4. The molecule has 6 nitrogen and oxygen atoms in total. The van der Waals surface area contributed by atoms with Crippen LogP contribution in [0.3, 0.4) is 0 Å². The molecule has 1 aliphatic rings. The molecule has 0 radical (unpaired) electrons. The second-order valence-corrected chi connectivity index (χ2v) is 7.06. The Balaban J connectivity index is 1.46. The van der Waals surface area contributed by atoms with Crippen molar-refractivity contribution in [3.63, 3.8) is 0 Å². The summed E-state index contributed by atoms with van der Waals surface area (Å²) in [4.78, 5) is 26.5. The maximum absolute atomic E-state index is 12.1. The predicted octanol–water partition coefficient (Wildman–Crippen LogP) is 2.76. The lowest BCUT2D eigenvalue weighted by atomic mass is 10.0. The minimum Gasteiger partial charge on any atom is -0.506 e. The summed E-state index contributed by atoms with van der Waals surface area (Å²) >= 11 is 5.84. The minimum absolute atomic E-state index is 0.0387. The fraction of sp³-hybridized carbons (Fsp3) is 0.300. The van der Waals surface area contributed by atoms with E-state index in [0.717, 1.165) is 32.5 Å². The number of phenols is 1. The number of amides is 2. The van der Waals surface area contributed by atoms with E-state index in [1.165, 1.54) is 23.8 Å². The first-order valence-corrected chi connectivity index (χ1v) is 9.25. The van der Waals surface area contributed by atoms with E-state index in [-0.39, 0.29) is 17.5 Å². The second kappa shape index (κ2) is 8.88. The van der Waals surface area contributed by atoms with Crippen molar-refractivity contribution in [2.45, 2.75) is 25.4 Å². The van der Waals surface area contributed by atoms with Crippen LogP contribution >= 0.6 is 11.6 Å². The zero-order chi connectivity index (χ0) is 19.2. The van der Waals surface area contributed by atoms with E-state index in [1.807, 2.05) is 18.2 Å². The molecule has 1 saturated heterocycles. The summed E-state index contributed by atoms with van der Waals surface area (Å²) in [5.74, 6) is -1.68. The van der Waals surface area contributed by atoms with Crippen LogP contribution in [0.4, 0.5) is 5.69 Å². The first-order valence-electron chi connectivity index (χ1n) is 8.88. The molecule has 0 bridgehead atoms. The van der Waals surface area contributed by atoms with Crippen LogP contribution in [-0.4, -0.2) is 41.0 Å². The van der Waals surface area contributed by atoms with Gasteiger partial charge in [-0.25, -0.2) is 0 Å². The van der Waals surface area contributed by atoms with Crippen LogP contribution in [0, 0.1) is 0 Å². The summed E-state index contributed by atoms with van der Waals surface area (Å²) in [5.41, 5.74) is 1.38. The van der Waals surface area contributed by atoms with Gasteiger partial charge in [0.15, 0.2) is 0 Å². The summed E-state index contributed by atoms with van der Waals surface area (Å²) in [7, 11) is 0. The van der Waals surface area contributed by atoms with Crippen molar-refractivity contribution in [3.8, 4) is 5.75 Å². The average Bonchev–Trinajstić information content (AvgIpc) is 2.67. The molecule has 1 aliphatic heterocycles. The number of piperidine rings is 1. The van der Waals surface area contributed by atoms with Crippen LogP contribution in [0.15, 0.2) is 48.5 Å². The van der Waals surface area contributed by atoms with Crippen molar-refractivity contribution in [2.75, 3.05) is 18.4 Å². The number of nitrogens with one attached hydrogen (secondary N) is 2. The molecule has 1 fully saturated rings. The molecular formula is C20H22ClN3O3. The van der Waals surface area contributed by atoms with Crippen molar-refractivity contribution in [1.29, 1.82) is 0 Å². The number of likely N-dealkylation sites (tertiary alicyclic amines) is 1.